The average Bonchev–Trinajstić information content (AvgIpc) is 2.88. The molecular weight excluding hydrogens is 486 g/mol. The minimum Gasteiger partial charge on any atom is -0.495 e. The molecule has 0 radical (unpaired) electrons. The molecule has 1 atom stereocenters. The highest BCUT2D eigenvalue weighted by Crippen LogP contribution is 2.41. The molecule has 0 amide bonds. The summed E-state index contributed by atoms with van der Waals surface area (Å²) in [4.78, 5) is 4.94. The van der Waals surface area contributed by atoms with Crippen molar-refractivity contribution in [3.8, 4) is 5.75 Å². The topological polar surface area (TPSA) is 24.9 Å². The molecule has 1 saturated heterocycles. The molecule has 0 saturated carbocycles. The highest BCUT2D eigenvalue weighted by atomic mass is 35.5. The van der Waals surface area contributed by atoms with Crippen LogP contribution in [0.25, 0.3) is 0 Å². The van der Waals surface area contributed by atoms with Gasteiger partial charge in [0.15, 0.2) is 0 Å². The lowest BCUT2D eigenvalue weighted by molar-refractivity contribution is 0.0571. The summed E-state index contributed by atoms with van der Waals surface area (Å²) in [6.07, 6.45) is 0.935. The summed E-state index contributed by atoms with van der Waals surface area (Å²) < 4.78 is 25.4. The molecule has 0 aliphatic carbocycles. The molecule has 35 heavy (non-hydrogen) atoms. The molecule has 4 nitrogen and oxygen atoms in total. The number of benzene rings is 3. The molecule has 7 heteroatoms. The van der Waals surface area contributed by atoms with Gasteiger partial charge in [0.25, 0.3) is 0 Å². The van der Waals surface area contributed by atoms with Crippen LogP contribution in [0.1, 0.15) is 23.1 Å². The van der Waals surface area contributed by atoms with Crippen LogP contribution in [-0.2, 0) is 16.8 Å². The highest BCUT2D eigenvalue weighted by molar-refractivity contribution is 5.85. The number of rotatable bonds is 6. The molecule has 0 bridgehead atoms. The van der Waals surface area contributed by atoms with Crippen LogP contribution in [0, 0.1) is 5.82 Å². The van der Waals surface area contributed by atoms with Crippen molar-refractivity contribution in [1.29, 1.82) is 0 Å². The normalized spacial score (nSPS) is 19.8. The van der Waals surface area contributed by atoms with E-state index >= 15 is 0 Å². The molecule has 3 aromatic rings. The SMILES string of the molecule is COc1ccccc1N1CCN(CCC2(c3ccc(F)cc3)COCc3ccccc32)CC1.Cl.Cl. The standard InChI is InChI=1S/C28H31FN2O2.2ClH/c1-32-27-9-5-4-8-26(27)31-18-16-30(17-19-31)15-14-28(23-10-12-24(29)13-11-23)21-33-20-22-6-2-3-7-25(22)28;;/h2-13H,14-21H2,1H3;2*1H. The number of anilines is 1. The van der Waals surface area contributed by atoms with E-state index < -0.39 is 0 Å². The molecule has 0 N–H and O–H groups in total. The smallest absolute Gasteiger partial charge is 0.142 e. The van der Waals surface area contributed by atoms with Crippen molar-refractivity contribution in [3.63, 3.8) is 0 Å². The van der Waals surface area contributed by atoms with Crippen LogP contribution in [0.15, 0.2) is 72.8 Å². The lowest BCUT2D eigenvalue weighted by Gasteiger charge is -2.42. The number of hydrogen-bond donors (Lipinski definition) is 0. The van der Waals surface area contributed by atoms with E-state index in [1.807, 2.05) is 24.3 Å². The van der Waals surface area contributed by atoms with Crippen LogP contribution in [-0.4, -0.2) is 51.3 Å². The Morgan fingerprint density at radius 1 is 0.886 bits per heavy atom. The Labute approximate surface area is 219 Å². The van der Waals surface area contributed by atoms with Crippen molar-refractivity contribution in [2.75, 3.05) is 51.3 Å². The van der Waals surface area contributed by atoms with Gasteiger partial charge >= 0.3 is 0 Å². The molecule has 2 aliphatic rings. The zero-order valence-corrected chi connectivity index (χ0v) is 21.6. The first kappa shape index (κ1) is 27.3. The number of fused-ring (bicyclic) bond motifs is 1. The molecule has 0 aromatic heterocycles. The maximum absolute atomic E-state index is 13.7. The van der Waals surface area contributed by atoms with Crippen LogP contribution in [0.5, 0.6) is 5.75 Å². The van der Waals surface area contributed by atoms with E-state index in [0.717, 1.165) is 56.1 Å². The van der Waals surface area contributed by atoms with E-state index in [1.165, 1.54) is 11.1 Å². The van der Waals surface area contributed by atoms with Crippen LogP contribution in [0.4, 0.5) is 10.1 Å². The summed E-state index contributed by atoms with van der Waals surface area (Å²) in [5, 5.41) is 0. The number of halogens is 3. The predicted molar refractivity (Wildman–Crippen MR) is 144 cm³/mol. The van der Waals surface area contributed by atoms with Gasteiger partial charge in [0, 0.05) is 31.6 Å². The second-order valence-corrected chi connectivity index (χ2v) is 8.99. The molecule has 1 fully saturated rings. The van der Waals surface area contributed by atoms with Gasteiger partial charge in [-0.2, -0.15) is 0 Å². The average molecular weight is 519 g/mol. The van der Waals surface area contributed by atoms with Gasteiger partial charge in [-0.15, -0.1) is 24.8 Å². The van der Waals surface area contributed by atoms with Crippen LogP contribution < -0.4 is 9.64 Å². The van der Waals surface area contributed by atoms with Crippen LogP contribution in [0.3, 0.4) is 0 Å². The van der Waals surface area contributed by atoms with E-state index in [-0.39, 0.29) is 36.0 Å². The van der Waals surface area contributed by atoms with E-state index in [9.17, 15) is 4.39 Å². The first-order valence-electron chi connectivity index (χ1n) is 11.7. The number of ether oxygens (including phenoxy) is 2. The Kier molecular flexibility index (Phi) is 9.42. The molecule has 2 heterocycles. The van der Waals surface area contributed by atoms with E-state index in [2.05, 4.69) is 46.2 Å². The van der Waals surface area contributed by atoms with E-state index in [4.69, 9.17) is 9.47 Å². The van der Waals surface area contributed by atoms with E-state index in [0.29, 0.717) is 13.2 Å². The Morgan fingerprint density at radius 2 is 1.57 bits per heavy atom. The zero-order valence-electron chi connectivity index (χ0n) is 20.0. The molecule has 188 valence electrons. The predicted octanol–water partition coefficient (Wildman–Crippen LogP) is 5.71. The fourth-order valence-electron chi connectivity index (χ4n) is 5.34. The number of nitrogens with zero attached hydrogens (tertiary/aromatic N) is 2. The fourth-order valence-corrected chi connectivity index (χ4v) is 5.34. The highest BCUT2D eigenvalue weighted by Gasteiger charge is 2.39. The first-order valence-corrected chi connectivity index (χ1v) is 11.7. The summed E-state index contributed by atoms with van der Waals surface area (Å²) in [5.74, 6) is 0.726. The van der Waals surface area contributed by atoms with Gasteiger partial charge in [0.05, 0.1) is 26.0 Å². The van der Waals surface area contributed by atoms with Gasteiger partial charge < -0.3 is 14.4 Å². The molecule has 1 unspecified atom stereocenters. The third-order valence-corrected chi connectivity index (χ3v) is 7.19. The Hall–Kier alpha value is -2.31. The zero-order chi connectivity index (χ0) is 22.7. The van der Waals surface area contributed by atoms with Crippen molar-refractivity contribution >= 4 is 30.5 Å². The summed E-state index contributed by atoms with van der Waals surface area (Å²) in [7, 11) is 1.73. The van der Waals surface area contributed by atoms with Gasteiger partial charge in [0.2, 0.25) is 0 Å². The second-order valence-electron chi connectivity index (χ2n) is 8.99. The van der Waals surface area contributed by atoms with Crippen molar-refractivity contribution in [2.45, 2.75) is 18.4 Å². The summed E-state index contributed by atoms with van der Waals surface area (Å²) >= 11 is 0. The minimum absolute atomic E-state index is 0. The number of methoxy groups -OCH3 is 1. The minimum atomic E-state index is -0.262. The van der Waals surface area contributed by atoms with Crippen molar-refractivity contribution in [2.24, 2.45) is 0 Å². The Morgan fingerprint density at radius 3 is 2.31 bits per heavy atom. The number of piperazine rings is 1. The Bertz CT molecular complexity index is 1090. The lowest BCUT2D eigenvalue weighted by atomic mass is 9.70. The van der Waals surface area contributed by atoms with Gasteiger partial charge in [0.1, 0.15) is 11.6 Å². The second kappa shape index (κ2) is 12.1. The molecule has 5 rings (SSSR count). The Balaban J connectivity index is 0.00000171. The quantitative estimate of drug-likeness (QED) is 0.417. The maximum Gasteiger partial charge on any atom is 0.142 e. The van der Waals surface area contributed by atoms with Gasteiger partial charge in [-0.3, -0.25) is 4.90 Å². The molecule has 0 spiro atoms. The molecular formula is C28H33Cl2FN2O2. The number of hydrogen-bond acceptors (Lipinski definition) is 4. The summed E-state index contributed by atoms with van der Waals surface area (Å²) in [6.45, 7) is 6.16. The van der Waals surface area contributed by atoms with Crippen LogP contribution >= 0.6 is 24.8 Å². The van der Waals surface area contributed by atoms with Crippen LogP contribution in [0.2, 0.25) is 0 Å². The maximum atomic E-state index is 13.7. The van der Waals surface area contributed by atoms with Crippen molar-refractivity contribution in [1.82, 2.24) is 4.90 Å². The monoisotopic (exact) mass is 518 g/mol. The third-order valence-electron chi connectivity index (χ3n) is 7.19. The molecule has 3 aromatic carbocycles. The largest absolute Gasteiger partial charge is 0.495 e. The summed E-state index contributed by atoms with van der Waals surface area (Å²) in [5.41, 5.74) is 4.58. The fraction of sp³-hybridized carbons (Fsp3) is 0.357. The van der Waals surface area contributed by atoms with Gasteiger partial charge in [-0.05, 0) is 53.9 Å². The lowest BCUT2D eigenvalue weighted by Crippen LogP contribution is -2.48. The van der Waals surface area contributed by atoms with Gasteiger partial charge in [-0.25, -0.2) is 4.39 Å². The first-order chi connectivity index (χ1) is 16.2. The van der Waals surface area contributed by atoms with Gasteiger partial charge in [-0.1, -0.05) is 48.5 Å². The van der Waals surface area contributed by atoms with Crippen molar-refractivity contribution < 1.29 is 13.9 Å². The van der Waals surface area contributed by atoms with Crippen molar-refractivity contribution in [3.05, 3.63) is 95.3 Å². The van der Waals surface area contributed by atoms with E-state index in [1.54, 1.807) is 19.2 Å². The number of para-hydroxylation sites is 2. The molecule has 2 aliphatic heterocycles. The third kappa shape index (κ3) is 5.59. The summed E-state index contributed by atoms with van der Waals surface area (Å²) in [6, 6.07) is 23.8.